The number of hydrogen-bond donors (Lipinski definition) is 1. The normalized spacial score (nSPS) is 16.1. The van der Waals surface area contributed by atoms with Crippen LogP contribution in [0.5, 0.6) is 0 Å². The zero-order chi connectivity index (χ0) is 14.4. The number of carbonyl (C=O) groups excluding carboxylic acids is 1. The quantitative estimate of drug-likeness (QED) is 0.640. The lowest BCUT2D eigenvalue weighted by Crippen LogP contribution is -2.33. The highest BCUT2D eigenvalue weighted by Gasteiger charge is 2.16. The molecule has 0 unspecified atom stereocenters. The number of anilines is 1. The van der Waals surface area contributed by atoms with Crippen LogP contribution in [0.15, 0.2) is 10.7 Å². The molecule has 1 aliphatic heterocycles. The van der Waals surface area contributed by atoms with Gasteiger partial charge in [0.05, 0.1) is 24.1 Å². The van der Waals surface area contributed by atoms with Crippen molar-refractivity contribution in [2.24, 2.45) is 0 Å². The Balaban J connectivity index is 1.75. The van der Waals surface area contributed by atoms with Crippen molar-refractivity contribution in [1.29, 1.82) is 0 Å². The van der Waals surface area contributed by atoms with E-state index in [1.165, 1.54) is 0 Å². The van der Waals surface area contributed by atoms with Crippen molar-refractivity contribution >= 4 is 39.3 Å². The number of rotatable bonds is 5. The van der Waals surface area contributed by atoms with E-state index in [1.54, 1.807) is 6.20 Å². The fourth-order valence-corrected chi connectivity index (χ4v) is 2.37. The molecule has 0 aliphatic carbocycles. The lowest BCUT2D eigenvalue weighted by atomic mass is 10.3. The van der Waals surface area contributed by atoms with Crippen LogP contribution in [0, 0.1) is 0 Å². The molecule has 1 aromatic heterocycles. The smallest absolute Gasteiger partial charge is 0.224 e. The number of ether oxygens (including phenoxy) is 1. The van der Waals surface area contributed by atoms with E-state index in [-0.39, 0.29) is 11.2 Å². The number of hydrogen-bond acceptors (Lipinski definition) is 5. The van der Waals surface area contributed by atoms with Gasteiger partial charge in [-0.2, -0.15) is 4.98 Å². The van der Waals surface area contributed by atoms with Gasteiger partial charge in [0.1, 0.15) is 5.82 Å². The molecule has 0 atom stereocenters. The third kappa shape index (κ3) is 4.57. The first-order valence-corrected chi connectivity index (χ1v) is 7.61. The highest BCUT2D eigenvalue weighted by atomic mass is 79.9. The Morgan fingerprint density at radius 3 is 3.20 bits per heavy atom. The molecule has 2 rings (SSSR count). The number of carbonyl (C=O) groups is 1. The van der Waals surface area contributed by atoms with Crippen molar-refractivity contribution in [2.45, 2.75) is 12.8 Å². The highest BCUT2D eigenvalue weighted by molar-refractivity contribution is 9.10. The molecular formula is C12H16BrClN4O2. The topological polar surface area (TPSA) is 67.3 Å². The van der Waals surface area contributed by atoms with Crippen LogP contribution in [-0.4, -0.2) is 53.6 Å². The largest absolute Gasteiger partial charge is 0.379 e. The maximum Gasteiger partial charge on any atom is 0.224 e. The van der Waals surface area contributed by atoms with E-state index in [1.807, 2.05) is 4.90 Å². The predicted molar refractivity (Wildman–Crippen MR) is 79.9 cm³/mol. The second kappa shape index (κ2) is 7.75. The molecular weight excluding hydrogens is 348 g/mol. The molecule has 0 aromatic carbocycles. The van der Waals surface area contributed by atoms with E-state index in [0.717, 1.165) is 10.9 Å². The Hall–Kier alpha value is -0.920. The van der Waals surface area contributed by atoms with Gasteiger partial charge in [-0.1, -0.05) is 0 Å². The molecule has 1 amide bonds. The van der Waals surface area contributed by atoms with E-state index in [4.69, 9.17) is 16.3 Å². The molecule has 1 N–H and O–H groups in total. The van der Waals surface area contributed by atoms with Gasteiger partial charge in [0.2, 0.25) is 11.2 Å². The Morgan fingerprint density at radius 1 is 1.50 bits per heavy atom. The van der Waals surface area contributed by atoms with Crippen LogP contribution in [0.25, 0.3) is 0 Å². The summed E-state index contributed by atoms with van der Waals surface area (Å²) in [5.41, 5.74) is 0. The summed E-state index contributed by atoms with van der Waals surface area (Å²) in [6.45, 7) is 3.23. The van der Waals surface area contributed by atoms with Crippen molar-refractivity contribution < 1.29 is 9.53 Å². The molecule has 1 aliphatic rings. The molecule has 2 heterocycles. The van der Waals surface area contributed by atoms with Crippen molar-refractivity contribution in [3.05, 3.63) is 16.0 Å². The maximum absolute atomic E-state index is 11.8. The van der Waals surface area contributed by atoms with E-state index >= 15 is 0 Å². The minimum Gasteiger partial charge on any atom is -0.379 e. The molecule has 1 saturated heterocycles. The van der Waals surface area contributed by atoms with Crippen molar-refractivity contribution in [3.8, 4) is 0 Å². The standard InChI is InChI=1S/C12H16BrClN4O2/c13-9-8-16-12(14)17-11(9)15-3-1-4-18-5-7-20-6-2-10(18)19/h8H,1-7H2,(H,15,16,17). The molecule has 1 fully saturated rings. The zero-order valence-corrected chi connectivity index (χ0v) is 13.3. The van der Waals surface area contributed by atoms with Crippen molar-refractivity contribution in [2.75, 3.05) is 38.2 Å². The van der Waals surface area contributed by atoms with Gasteiger partial charge in [0, 0.05) is 25.8 Å². The number of aromatic nitrogens is 2. The van der Waals surface area contributed by atoms with Crippen LogP contribution in [0.4, 0.5) is 5.82 Å². The fraction of sp³-hybridized carbons (Fsp3) is 0.583. The van der Waals surface area contributed by atoms with Gasteiger partial charge in [0.15, 0.2) is 0 Å². The monoisotopic (exact) mass is 362 g/mol. The molecule has 0 saturated carbocycles. The summed E-state index contributed by atoms with van der Waals surface area (Å²) in [5, 5.41) is 3.38. The first-order chi connectivity index (χ1) is 9.66. The molecule has 0 bridgehead atoms. The van der Waals surface area contributed by atoms with Crippen molar-refractivity contribution in [1.82, 2.24) is 14.9 Å². The summed E-state index contributed by atoms with van der Waals surface area (Å²) in [4.78, 5) is 21.5. The van der Waals surface area contributed by atoms with E-state index in [0.29, 0.717) is 45.1 Å². The van der Waals surface area contributed by atoms with Gasteiger partial charge in [-0.15, -0.1) is 0 Å². The average molecular weight is 364 g/mol. The van der Waals surface area contributed by atoms with Gasteiger partial charge < -0.3 is 15.0 Å². The first kappa shape index (κ1) is 15.5. The molecule has 8 heteroatoms. The lowest BCUT2D eigenvalue weighted by Gasteiger charge is -2.19. The molecule has 110 valence electrons. The number of amides is 1. The Bertz CT molecular complexity index is 475. The zero-order valence-electron chi connectivity index (χ0n) is 10.9. The van der Waals surface area contributed by atoms with Gasteiger partial charge in [0.25, 0.3) is 0 Å². The molecule has 0 radical (unpaired) electrons. The van der Waals surface area contributed by atoms with Gasteiger partial charge in [-0.3, -0.25) is 4.79 Å². The van der Waals surface area contributed by atoms with E-state index < -0.39 is 0 Å². The summed E-state index contributed by atoms with van der Waals surface area (Å²) >= 11 is 9.09. The van der Waals surface area contributed by atoms with Crippen LogP contribution < -0.4 is 5.32 Å². The average Bonchev–Trinajstić information content (AvgIpc) is 2.63. The summed E-state index contributed by atoms with van der Waals surface area (Å²) < 4.78 is 6.05. The van der Waals surface area contributed by atoms with Crippen LogP contribution in [0.3, 0.4) is 0 Å². The summed E-state index contributed by atoms with van der Waals surface area (Å²) in [6.07, 6.45) is 2.91. The van der Waals surface area contributed by atoms with E-state index in [2.05, 4.69) is 31.2 Å². The molecule has 0 spiro atoms. The van der Waals surface area contributed by atoms with Gasteiger partial charge >= 0.3 is 0 Å². The molecule has 6 nitrogen and oxygen atoms in total. The first-order valence-electron chi connectivity index (χ1n) is 6.44. The molecule has 20 heavy (non-hydrogen) atoms. The number of nitrogens with one attached hydrogen (secondary N) is 1. The maximum atomic E-state index is 11.8. The van der Waals surface area contributed by atoms with Gasteiger partial charge in [-0.25, -0.2) is 4.98 Å². The van der Waals surface area contributed by atoms with Crippen LogP contribution in [-0.2, 0) is 9.53 Å². The minimum absolute atomic E-state index is 0.161. The summed E-state index contributed by atoms with van der Waals surface area (Å²) in [5.74, 6) is 0.823. The minimum atomic E-state index is 0.161. The number of halogens is 2. The van der Waals surface area contributed by atoms with Crippen LogP contribution in [0.1, 0.15) is 12.8 Å². The second-order valence-corrected chi connectivity index (χ2v) is 5.55. The summed E-state index contributed by atoms with van der Waals surface area (Å²) in [7, 11) is 0. The third-order valence-electron chi connectivity index (χ3n) is 2.93. The second-order valence-electron chi connectivity index (χ2n) is 4.36. The lowest BCUT2D eigenvalue weighted by molar-refractivity contribution is -0.130. The van der Waals surface area contributed by atoms with Crippen LogP contribution in [0.2, 0.25) is 5.28 Å². The van der Waals surface area contributed by atoms with E-state index in [9.17, 15) is 4.79 Å². The summed E-state index contributed by atoms with van der Waals surface area (Å²) in [6, 6.07) is 0. The van der Waals surface area contributed by atoms with Gasteiger partial charge in [-0.05, 0) is 34.0 Å². The van der Waals surface area contributed by atoms with Crippen LogP contribution >= 0.6 is 27.5 Å². The Kier molecular flexibility index (Phi) is 6.00. The number of nitrogens with zero attached hydrogens (tertiary/aromatic N) is 3. The SMILES string of the molecule is O=C1CCOCCN1CCCNc1nc(Cl)ncc1Br. The Labute approximate surface area is 131 Å². The van der Waals surface area contributed by atoms with Crippen molar-refractivity contribution in [3.63, 3.8) is 0 Å². The molecule has 1 aromatic rings. The fourth-order valence-electron chi connectivity index (χ4n) is 1.90. The predicted octanol–water partition coefficient (Wildman–Crippen LogP) is 1.94. The Morgan fingerprint density at radius 2 is 2.35 bits per heavy atom. The third-order valence-corrected chi connectivity index (χ3v) is 3.69. The highest BCUT2D eigenvalue weighted by Crippen LogP contribution is 2.19.